The molecule has 0 atom stereocenters. The maximum atomic E-state index is 11.9. The molecule has 0 aliphatic rings. The number of anilines is 2. The summed E-state index contributed by atoms with van der Waals surface area (Å²) in [6.45, 7) is 0. The van der Waals surface area contributed by atoms with Gasteiger partial charge in [0.05, 0.1) is 34.0 Å². The number of methoxy groups -OCH3 is 1. The largest absolute Gasteiger partial charge is 0.465 e. The number of rotatable bonds is 3. The van der Waals surface area contributed by atoms with E-state index in [2.05, 4.69) is 26.2 Å². The highest BCUT2D eigenvalue weighted by Crippen LogP contribution is 2.34. The molecule has 1 heterocycles. The molecule has 0 saturated carbocycles. The molecule has 4 nitrogen and oxygen atoms in total. The Morgan fingerprint density at radius 1 is 1.26 bits per heavy atom. The zero-order valence-corrected chi connectivity index (χ0v) is 14.5. The first kappa shape index (κ1) is 15.8. The topological polar surface area (TPSA) is 51.2 Å². The molecule has 23 heavy (non-hydrogen) atoms. The van der Waals surface area contributed by atoms with Gasteiger partial charge in [-0.2, -0.15) is 0 Å². The van der Waals surface area contributed by atoms with Crippen LogP contribution in [0.1, 0.15) is 10.4 Å². The summed E-state index contributed by atoms with van der Waals surface area (Å²) in [7, 11) is 1.36. The van der Waals surface area contributed by atoms with Gasteiger partial charge in [-0.05, 0) is 46.3 Å². The number of hydrogen-bond acceptors (Lipinski definition) is 4. The number of benzene rings is 2. The third kappa shape index (κ3) is 3.16. The molecule has 3 aromatic rings. The summed E-state index contributed by atoms with van der Waals surface area (Å²) < 4.78 is 5.60. The van der Waals surface area contributed by atoms with Crippen molar-refractivity contribution in [2.75, 3.05) is 12.4 Å². The van der Waals surface area contributed by atoms with Gasteiger partial charge >= 0.3 is 5.97 Å². The quantitative estimate of drug-likeness (QED) is 0.625. The van der Waals surface area contributed by atoms with E-state index in [1.165, 1.54) is 7.11 Å². The van der Waals surface area contributed by atoms with Crippen LogP contribution in [0.3, 0.4) is 0 Å². The molecule has 0 spiro atoms. The molecule has 1 N–H and O–H groups in total. The Hall–Kier alpha value is -2.11. The van der Waals surface area contributed by atoms with Crippen molar-refractivity contribution < 1.29 is 9.53 Å². The fourth-order valence-corrected chi connectivity index (χ4v) is 2.87. The first-order valence-electron chi connectivity index (χ1n) is 6.78. The molecule has 0 bridgehead atoms. The van der Waals surface area contributed by atoms with Crippen molar-refractivity contribution in [3.05, 3.63) is 63.7 Å². The smallest absolute Gasteiger partial charge is 0.339 e. The van der Waals surface area contributed by atoms with E-state index in [1.54, 1.807) is 24.4 Å². The number of nitrogens with zero attached hydrogens (tertiary/aromatic N) is 1. The van der Waals surface area contributed by atoms with Crippen molar-refractivity contribution in [1.82, 2.24) is 4.98 Å². The number of halogens is 2. The number of fused-ring (bicyclic) bond motifs is 1. The van der Waals surface area contributed by atoms with E-state index >= 15 is 0 Å². The molecule has 6 heteroatoms. The Labute approximate surface area is 146 Å². The molecular formula is C17H12BrClN2O2. The normalized spacial score (nSPS) is 10.6. The van der Waals surface area contributed by atoms with Crippen LogP contribution in [0.15, 0.2) is 53.1 Å². The average molecular weight is 392 g/mol. The predicted octanol–water partition coefficient (Wildman–Crippen LogP) is 5.18. The van der Waals surface area contributed by atoms with Crippen molar-refractivity contribution in [3.63, 3.8) is 0 Å². The van der Waals surface area contributed by atoms with E-state index in [0.29, 0.717) is 16.3 Å². The van der Waals surface area contributed by atoms with Crippen LogP contribution < -0.4 is 5.32 Å². The van der Waals surface area contributed by atoms with Crippen LogP contribution in [-0.4, -0.2) is 18.1 Å². The van der Waals surface area contributed by atoms with Crippen molar-refractivity contribution in [2.24, 2.45) is 0 Å². The average Bonchev–Trinajstić information content (AvgIpc) is 2.57. The Balaban J connectivity index is 2.14. The number of para-hydroxylation sites is 1. The van der Waals surface area contributed by atoms with Crippen LogP contribution in [0, 0.1) is 0 Å². The Bertz CT molecular complexity index is 894. The zero-order valence-electron chi connectivity index (χ0n) is 12.1. The first-order valence-corrected chi connectivity index (χ1v) is 7.95. The minimum Gasteiger partial charge on any atom is -0.465 e. The van der Waals surface area contributed by atoms with Gasteiger partial charge in [0.2, 0.25) is 0 Å². The highest BCUT2D eigenvalue weighted by Gasteiger charge is 2.14. The zero-order chi connectivity index (χ0) is 16.4. The summed E-state index contributed by atoms with van der Waals surface area (Å²) in [5.41, 5.74) is 2.69. The summed E-state index contributed by atoms with van der Waals surface area (Å²) in [5.74, 6) is -0.402. The van der Waals surface area contributed by atoms with Crippen LogP contribution in [0.25, 0.3) is 10.9 Å². The van der Waals surface area contributed by atoms with Crippen molar-refractivity contribution in [2.45, 2.75) is 0 Å². The number of ether oxygens (including phenoxy) is 1. The highest BCUT2D eigenvalue weighted by atomic mass is 79.9. The van der Waals surface area contributed by atoms with Crippen LogP contribution in [0.2, 0.25) is 5.02 Å². The van der Waals surface area contributed by atoms with Gasteiger partial charge in [0, 0.05) is 16.6 Å². The summed E-state index contributed by atoms with van der Waals surface area (Å²) in [6, 6.07) is 12.6. The summed E-state index contributed by atoms with van der Waals surface area (Å²) >= 11 is 9.60. The lowest BCUT2D eigenvalue weighted by Gasteiger charge is -2.14. The third-order valence-corrected chi connectivity index (χ3v) is 4.21. The number of pyridine rings is 1. The second-order valence-corrected chi connectivity index (χ2v) is 6.10. The molecule has 3 rings (SSSR count). The summed E-state index contributed by atoms with van der Waals surface area (Å²) in [6.07, 6.45) is 1.71. The Kier molecular flexibility index (Phi) is 4.50. The molecule has 1 aromatic heterocycles. The van der Waals surface area contributed by atoms with Gasteiger partial charge < -0.3 is 10.1 Å². The van der Waals surface area contributed by atoms with E-state index in [0.717, 1.165) is 21.1 Å². The fourth-order valence-electron chi connectivity index (χ4n) is 2.28. The number of aromatic nitrogens is 1. The van der Waals surface area contributed by atoms with Gasteiger partial charge in [0.15, 0.2) is 0 Å². The van der Waals surface area contributed by atoms with E-state index in [-0.39, 0.29) is 0 Å². The highest BCUT2D eigenvalue weighted by molar-refractivity contribution is 9.10. The number of carbonyl (C=O) groups excluding carboxylic acids is 1. The first-order chi connectivity index (χ1) is 11.1. The number of nitrogens with one attached hydrogen (secondary N) is 1. The molecule has 2 aromatic carbocycles. The van der Waals surface area contributed by atoms with Crippen LogP contribution in [0.4, 0.5) is 11.4 Å². The van der Waals surface area contributed by atoms with Gasteiger partial charge in [-0.1, -0.05) is 23.7 Å². The third-order valence-electron chi connectivity index (χ3n) is 3.38. The molecule has 0 unspecified atom stereocenters. The minimum absolute atomic E-state index is 0.402. The van der Waals surface area contributed by atoms with Crippen molar-refractivity contribution >= 4 is 55.8 Å². The number of hydrogen-bond donors (Lipinski definition) is 1. The van der Waals surface area contributed by atoms with E-state index in [4.69, 9.17) is 16.3 Å². The monoisotopic (exact) mass is 390 g/mol. The fraction of sp³-hybridized carbons (Fsp3) is 0.0588. The van der Waals surface area contributed by atoms with Gasteiger partial charge in [0.25, 0.3) is 0 Å². The van der Waals surface area contributed by atoms with Crippen LogP contribution in [0.5, 0.6) is 0 Å². The molecular weight excluding hydrogens is 380 g/mol. The van der Waals surface area contributed by atoms with Crippen LogP contribution in [-0.2, 0) is 4.74 Å². The predicted molar refractivity (Wildman–Crippen MR) is 95.5 cm³/mol. The molecule has 0 amide bonds. The second kappa shape index (κ2) is 6.56. The van der Waals surface area contributed by atoms with E-state index < -0.39 is 5.97 Å². The lowest BCUT2D eigenvalue weighted by atomic mass is 10.1. The Morgan fingerprint density at radius 2 is 2.04 bits per heavy atom. The van der Waals surface area contributed by atoms with E-state index in [1.807, 2.05) is 24.3 Å². The van der Waals surface area contributed by atoms with E-state index in [9.17, 15) is 4.79 Å². The summed E-state index contributed by atoms with van der Waals surface area (Å²) in [5, 5.41) is 4.75. The molecule has 0 aliphatic heterocycles. The van der Waals surface area contributed by atoms with Crippen molar-refractivity contribution in [1.29, 1.82) is 0 Å². The SMILES string of the molecule is COC(=O)c1ccccc1Nc1c(Br)cnc2ccc(Cl)cc12. The number of esters is 1. The van der Waals surface area contributed by atoms with Gasteiger partial charge in [-0.25, -0.2) is 4.79 Å². The molecule has 0 radical (unpaired) electrons. The Morgan fingerprint density at radius 3 is 2.83 bits per heavy atom. The standard InChI is InChI=1S/C17H12BrClN2O2/c1-23-17(22)11-4-2-3-5-15(11)21-16-12-8-10(19)6-7-14(12)20-9-13(16)18/h2-9H,1H3,(H,20,21). The maximum Gasteiger partial charge on any atom is 0.339 e. The number of carbonyl (C=O) groups is 1. The molecule has 0 saturated heterocycles. The van der Waals surface area contributed by atoms with Crippen molar-refractivity contribution in [3.8, 4) is 0 Å². The van der Waals surface area contributed by atoms with Gasteiger partial charge in [-0.3, -0.25) is 4.98 Å². The second-order valence-electron chi connectivity index (χ2n) is 4.80. The lowest BCUT2D eigenvalue weighted by Crippen LogP contribution is -2.06. The van der Waals surface area contributed by atoms with Gasteiger partial charge in [0.1, 0.15) is 0 Å². The van der Waals surface area contributed by atoms with Crippen LogP contribution >= 0.6 is 27.5 Å². The van der Waals surface area contributed by atoms with Gasteiger partial charge in [-0.15, -0.1) is 0 Å². The minimum atomic E-state index is -0.402. The molecule has 0 aliphatic carbocycles. The molecule has 0 fully saturated rings. The summed E-state index contributed by atoms with van der Waals surface area (Å²) in [4.78, 5) is 16.3. The molecule has 116 valence electrons. The lowest BCUT2D eigenvalue weighted by molar-refractivity contribution is 0.0602. The maximum absolute atomic E-state index is 11.9.